The summed E-state index contributed by atoms with van der Waals surface area (Å²) in [6, 6.07) is 3.98. The normalized spacial score (nSPS) is 23.7. The summed E-state index contributed by atoms with van der Waals surface area (Å²) in [5.41, 5.74) is 2.40. The number of rotatable bonds is 2. The van der Waals surface area contributed by atoms with Gasteiger partial charge in [0.05, 0.1) is 11.3 Å². The van der Waals surface area contributed by atoms with Crippen molar-refractivity contribution in [2.24, 2.45) is 0 Å². The summed E-state index contributed by atoms with van der Waals surface area (Å²) < 4.78 is 0. The molecule has 1 saturated carbocycles. The van der Waals surface area contributed by atoms with E-state index < -0.39 is 0 Å². The van der Waals surface area contributed by atoms with Gasteiger partial charge in [0.1, 0.15) is 0 Å². The van der Waals surface area contributed by atoms with E-state index in [0.29, 0.717) is 5.56 Å². The zero-order valence-corrected chi connectivity index (χ0v) is 11.6. The first-order chi connectivity index (χ1) is 8.56. The summed E-state index contributed by atoms with van der Waals surface area (Å²) in [5.74, 6) is -0.0157. The topological polar surface area (TPSA) is 42.0 Å². The summed E-state index contributed by atoms with van der Waals surface area (Å²) >= 11 is 6.06. The molecule has 0 atom stereocenters. The Morgan fingerprint density at radius 2 is 1.94 bits per heavy atom. The van der Waals surface area contributed by atoms with Crippen LogP contribution in [0.1, 0.15) is 47.4 Å². The van der Waals surface area contributed by atoms with Crippen LogP contribution in [0.2, 0.25) is 0 Å². The van der Waals surface area contributed by atoms with Gasteiger partial charge in [0, 0.05) is 17.1 Å². The molecule has 1 heterocycles. The van der Waals surface area contributed by atoms with Crippen LogP contribution in [0.5, 0.6) is 0 Å². The number of nitrogens with one attached hydrogen (secondary N) is 1. The second-order valence-corrected chi connectivity index (χ2v) is 5.63. The molecule has 1 aromatic rings. The lowest BCUT2D eigenvalue weighted by molar-refractivity contribution is 0.0927. The van der Waals surface area contributed by atoms with Crippen LogP contribution in [0.4, 0.5) is 0 Å². The van der Waals surface area contributed by atoms with E-state index in [1.807, 2.05) is 26.0 Å². The second kappa shape index (κ2) is 5.70. The summed E-state index contributed by atoms with van der Waals surface area (Å²) in [4.78, 5) is 16.5. The lowest BCUT2D eigenvalue weighted by atomic mass is 9.95. The fourth-order valence-electron chi connectivity index (χ4n) is 2.39. The Morgan fingerprint density at radius 1 is 1.28 bits per heavy atom. The molecule has 98 valence electrons. The maximum absolute atomic E-state index is 12.1. The Kier molecular flexibility index (Phi) is 4.23. The summed E-state index contributed by atoms with van der Waals surface area (Å²) in [6.07, 6.45) is 3.91. The van der Waals surface area contributed by atoms with Crippen molar-refractivity contribution in [2.75, 3.05) is 0 Å². The van der Waals surface area contributed by atoms with Crippen molar-refractivity contribution in [3.05, 3.63) is 29.1 Å². The fourth-order valence-corrected chi connectivity index (χ4v) is 2.64. The third-order valence-electron chi connectivity index (χ3n) is 3.46. The van der Waals surface area contributed by atoms with Gasteiger partial charge in [-0.1, -0.05) is 0 Å². The monoisotopic (exact) mass is 266 g/mol. The van der Waals surface area contributed by atoms with Gasteiger partial charge in [0.15, 0.2) is 0 Å². The average molecular weight is 267 g/mol. The van der Waals surface area contributed by atoms with Crippen LogP contribution >= 0.6 is 11.6 Å². The highest BCUT2D eigenvalue weighted by Crippen LogP contribution is 2.23. The van der Waals surface area contributed by atoms with Crippen LogP contribution in [-0.4, -0.2) is 22.3 Å². The van der Waals surface area contributed by atoms with Gasteiger partial charge < -0.3 is 5.32 Å². The number of carbonyl (C=O) groups is 1. The van der Waals surface area contributed by atoms with Crippen molar-refractivity contribution < 1.29 is 4.79 Å². The van der Waals surface area contributed by atoms with Crippen LogP contribution in [-0.2, 0) is 0 Å². The van der Waals surface area contributed by atoms with Crippen molar-refractivity contribution in [1.82, 2.24) is 10.3 Å². The smallest absolute Gasteiger partial charge is 0.253 e. The Bertz CT molecular complexity index is 439. The van der Waals surface area contributed by atoms with E-state index in [9.17, 15) is 4.79 Å². The van der Waals surface area contributed by atoms with Crippen molar-refractivity contribution in [1.29, 1.82) is 0 Å². The maximum atomic E-state index is 12.1. The number of aryl methyl sites for hydroxylation is 2. The number of nitrogens with zero attached hydrogens (tertiary/aromatic N) is 1. The Morgan fingerprint density at radius 3 is 2.56 bits per heavy atom. The van der Waals surface area contributed by atoms with Crippen LogP contribution in [0.3, 0.4) is 0 Å². The zero-order valence-electron chi connectivity index (χ0n) is 10.9. The highest BCUT2D eigenvalue weighted by molar-refractivity contribution is 6.20. The average Bonchev–Trinajstić information content (AvgIpc) is 2.32. The maximum Gasteiger partial charge on any atom is 0.253 e. The molecule has 0 bridgehead atoms. The van der Waals surface area contributed by atoms with E-state index in [-0.39, 0.29) is 17.3 Å². The molecule has 0 radical (unpaired) electrons. The minimum absolute atomic E-state index is 0.0157. The summed E-state index contributed by atoms with van der Waals surface area (Å²) in [5, 5.41) is 3.36. The van der Waals surface area contributed by atoms with Gasteiger partial charge in [0.25, 0.3) is 5.91 Å². The molecule has 1 N–H and O–H groups in total. The summed E-state index contributed by atoms with van der Waals surface area (Å²) in [6.45, 7) is 3.80. The number of aromatic nitrogens is 1. The van der Waals surface area contributed by atoms with Gasteiger partial charge >= 0.3 is 0 Å². The minimum Gasteiger partial charge on any atom is -0.349 e. The molecule has 1 amide bonds. The Balaban J connectivity index is 1.99. The first kappa shape index (κ1) is 13.3. The molecule has 0 aliphatic heterocycles. The van der Waals surface area contributed by atoms with Crippen LogP contribution in [0, 0.1) is 13.8 Å². The van der Waals surface area contributed by atoms with Crippen molar-refractivity contribution in [3.63, 3.8) is 0 Å². The third kappa shape index (κ3) is 3.22. The molecule has 4 heteroatoms. The van der Waals surface area contributed by atoms with Crippen molar-refractivity contribution in [2.45, 2.75) is 50.9 Å². The number of carbonyl (C=O) groups excluding carboxylic acids is 1. The molecule has 1 aromatic heterocycles. The molecule has 0 spiro atoms. The molecule has 3 nitrogen and oxygen atoms in total. The van der Waals surface area contributed by atoms with Gasteiger partial charge in [-0.2, -0.15) is 0 Å². The highest BCUT2D eigenvalue weighted by atomic mass is 35.5. The largest absolute Gasteiger partial charge is 0.349 e. The predicted octanol–water partition coefficient (Wildman–Crippen LogP) is 2.98. The number of halogens is 1. The minimum atomic E-state index is -0.0157. The van der Waals surface area contributed by atoms with E-state index in [4.69, 9.17) is 11.6 Å². The van der Waals surface area contributed by atoms with Gasteiger partial charge in [-0.05, 0) is 51.7 Å². The first-order valence-electron chi connectivity index (χ1n) is 6.45. The molecule has 0 aromatic carbocycles. The van der Waals surface area contributed by atoms with E-state index >= 15 is 0 Å². The Labute approximate surface area is 113 Å². The lowest BCUT2D eigenvalue weighted by Crippen LogP contribution is -2.38. The van der Waals surface area contributed by atoms with Crippen LogP contribution < -0.4 is 5.32 Å². The third-order valence-corrected chi connectivity index (χ3v) is 3.90. The molecule has 1 aliphatic carbocycles. The standard InChI is InChI=1S/C14H19ClN2O/c1-9-3-8-13(10(2)16-9)14(18)17-12-6-4-11(15)5-7-12/h3,8,11-12H,4-7H2,1-2H3,(H,17,18). The number of pyridine rings is 1. The van der Waals surface area contributed by atoms with Gasteiger partial charge in [-0.3, -0.25) is 9.78 Å². The lowest BCUT2D eigenvalue weighted by Gasteiger charge is -2.26. The van der Waals surface area contributed by atoms with Crippen molar-refractivity contribution >= 4 is 17.5 Å². The second-order valence-electron chi connectivity index (χ2n) is 5.01. The molecule has 1 fully saturated rings. The molecule has 0 saturated heterocycles. The first-order valence-corrected chi connectivity index (χ1v) is 6.89. The molecule has 18 heavy (non-hydrogen) atoms. The molecule has 1 aliphatic rings. The predicted molar refractivity (Wildman–Crippen MR) is 73.1 cm³/mol. The Hall–Kier alpha value is -1.09. The highest BCUT2D eigenvalue weighted by Gasteiger charge is 2.22. The van der Waals surface area contributed by atoms with E-state index in [1.54, 1.807) is 0 Å². The fraction of sp³-hybridized carbons (Fsp3) is 0.571. The molecular formula is C14H19ClN2O. The zero-order chi connectivity index (χ0) is 13.1. The molecule has 0 unspecified atom stereocenters. The number of hydrogen-bond acceptors (Lipinski definition) is 2. The number of alkyl halides is 1. The van der Waals surface area contributed by atoms with Gasteiger partial charge in [-0.15, -0.1) is 11.6 Å². The van der Waals surface area contributed by atoms with Gasteiger partial charge in [-0.25, -0.2) is 0 Å². The van der Waals surface area contributed by atoms with Crippen LogP contribution in [0.25, 0.3) is 0 Å². The van der Waals surface area contributed by atoms with E-state index in [2.05, 4.69) is 10.3 Å². The molecule has 2 rings (SSSR count). The number of hydrogen-bond donors (Lipinski definition) is 1. The SMILES string of the molecule is Cc1ccc(C(=O)NC2CCC(Cl)CC2)c(C)n1. The quantitative estimate of drug-likeness (QED) is 0.836. The molecular weight excluding hydrogens is 248 g/mol. The van der Waals surface area contributed by atoms with Crippen LogP contribution in [0.15, 0.2) is 12.1 Å². The van der Waals surface area contributed by atoms with E-state index in [0.717, 1.165) is 37.1 Å². The summed E-state index contributed by atoms with van der Waals surface area (Å²) in [7, 11) is 0. The van der Waals surface area contributed by atoms with Crippen molar-refractivity contribution in [3.8, 4) is 0 Å². The van der Waals surface area contributed by atoms with E-state index in [1.165, 1.54) is 0 Å². The number of amides is 1. The van der Waals surface area contributed by atoms with Gasteiger partial charge in [0.2, 0.25) is 0 Å².